The molecule has 1 unspecified atom stereocenters. The molecule has 120 valence electrons. The molecule has 0 bridgehead atoms. The zero-order valence-electron chi connectivity index (χ0n) is 12.9. The van der Waals surface area contributed by atoms with Crippen LogP contribution in [0.15, 0.2) is 24.3 Å². The van der Waals surface area contributed by atoms with Gasteiger partial charge in [0.25, 0.3) is 0 Å². The predicted octanol–water partition coefficient (Wildman–Crippen LogP) is 1.28. The predicted molar refractivity (Wildman–Crippen MR) is 84.9 cm³/mol. The smallest absolute Gasteiger partial charge is 0.243 e. The van der Waals surface area contributed by atoms with Crippen LogP contribution >= 0.6 is 0 Å². The maximum absolute atomic E-state index is 11.8. The van der Waals surface area contributed by atoms with E-state index in [-0.39, 0.29) is 24.4 Å². The number of carbonyl (C=O) groups excluding carboxylic acids is 2. The number of hydrogen-bond acceptors (Lipinski definition) is 4. The number of rotatable bonds is 7. The summed E-state index contributed by atoms with van der Waals surface area (Å²) in [5.74, 6) is 0.427. The fourth-order valence-electron chi connectivity index (χ4n) is 2.41. The van der Waals surface area contributed by atoms with Gasteiger partial charge in [-0.05, 0) is 50.6 Å². The maximum atomic E-state index is 11.8. The zero-order chi connectivity index (χ0) is 15.8. The molecular weight excluding hydrogens is 282 g/mol. The Morgan fingerprint density at radius 2 is 2.05 bits per heavy atom. The fourth-order valence-corrected chi connectivity index (χ4v) is 2.41. The van der Waals surface area contributed by atoms with Crippen LogP contribution in [0.3, 0.4) is 0 Å². The molecule has 2 amide bonds. The average Bonchev–Trinajstić information content (AvgIpc) is 3.00. The summed E-state index contributed by atoms with van der Waals surface area (Å²) in [5.41, 5.74) is 0.681. The minimum Gasteiger partial charge on any atom is -0.494 e. The van der Waals surface area contributed by atoms with Gasteiger partial charge in [-0.2, -0.15) is 0 Å². The van der Waals surface area contributed by atoms with Crippen molar-refractivity contribution in [3.8, 4) is 5.75 Å². The number of hydrogen-bond donors (Lipinski definition) is 3. The summed E-state index contributed by atoms with van der Waals surface area (Å²) in [6.45, 7) is 3.47. The molecule has 1 aliphatic rings. The van der Waals surface area contributed by atoms with E-state index < -0.39 is 0 Å². The molecule has 1 fully saturated rings. The second kappa shape index (κ2) is 8.38. The summed E-state index contributed by atoms with van der Waals surface area (Å²) in [4.78, 5) is 23.5. The van der Waals surface area contributed by atoms with Crippen LogP contribution in [0.1, 0.15) is 26.2 Å². The van der Waals surface area contributed by atoms with E-state index in [4.69, 9.17) is 4.74 Å². The lowest BCUT2D eigenvalue weighted by Gasteiger charge is -2.11. The molecule has 6 heteroatoms. The van der Waals surface area contributed by atoms with Gasteiger partial charge in [0.15, 0.2) is 0 Å². The minimum absolute atomic E-state index is 0.0151. The number of benzene rings is 1. The lowest BCUT2D eigenvalue weighted by atomic mass is 10.1. The van der Waals surface area contributed by atoms with Crippen LogP contribution in [0.5, 0.6) is 5.75 Å². The van der Waals surface area contributed by atoms with Gasteiger partial charge in [-0.1, -0.05) is 0 Å². The number of anilines is 1. The van der Waals surface area contributed by atoms with Crippen LogP contribution < -0.4 is 20.7 Å². The summed E-state index contributed by atoms with van der Waals surface area (Å²) < 4.78 is 5.33. The molecule has 1 saturated heterocycles. The third kappa shape index (κ3) is 5.37. The first kappa shape index (κ1) is 16.3. The van der Waals surface area contributed by atoms with Gasteiger partial charge in [0.2, 0.25) is 11.8 Å². The van der Waals surface area contributed by atoms with Gasteiger partial charge in [0.1, 0.15) is 5.75 Å². The van der Waals surface area contributed by atoms with Gasteiger partial charge in [-0.3, -0.25) is 9.59 Å². The highest BCUT2D eigenvalue weighted by atomic mass is 16.5. The third-order valence-corrected chi connectivity index (χ3v) is 3.49. The number of nitrogens with one attached hydrogen (secondary N) is 3. The van der Waals surface area contributed by atoms with Crippen molar-refractivity contribution >= 4 is 17.5 Å². The second-order valence-electron chi connectivity index (χ2n) is 5.28. The van der Waals surface area contributed by atoms with Crippen molar-refractivity contribution in [2.45, 2.75) is 32.2 Å². The molecule has 0 saturated carbocycles. The first-order chi connectivity index (χ1) is 10.7. The Bertz CT molecular complexity index is 496. The van der Waals surface area contributed by atoms with Crippen LogP contribution in [-0.4, -0.2) is 37.6 Å². The molecular formula is C16H23N3O3. The highest BCUT2D eigenvalue weighted by molar-refractivity contribution is 5.94. The van der Waals surface area contributed by atoms with Crippen molar-refractivity contribution in [2.75, 3.05) is 25.0 Å². The standard InChI is InChI=1S/C16H23N3O3/c1-2-22-14-7-5-12(6-8-14)19-16(21)11-18-15(20)10-13-4-3-9-17-13/h5-8,13,17H,2-4,9-11H2,1H3,(H,18,20)(H,19,21). The average molecular weight is 305 g/mol. The molecule has 6 nitrogen and oxygen atoms in total. The van der Waals surface area contributed by atoms with Crippen molar-refractivity contribution in [2.24, 2.45) is 0 Å². The van der Waals surface area contributed by atoms with Crippen molar-refractivity contribution in [3.63, 3.8) is 0 Å². The Morgan fingerprint density at radius 3 is 2.68 bits per heavy atom. The molecule has 0 aromatic heterocycles. The molecule has 2 rings (SSSR count). The molecule has 22 heavy (non-hydrogen) atoms. The normalized spacial score (nSPS) is 17.0. The van der Waals surface area contributed by atoms with E-state index in [1.165, 1.54) is 0 Å². The Labute approximate surface area is 130 Å². The van der Waals surface area contributed by atoms with Crippen molar-refractivity contribution in [3.05, 3.63) is 24.3 Å². The van der Waals surface area contributed by atoms with Crippen LogP contribution in [0.4, 0.5) is 5.69 Å². The SMILES string of the molecule is CCOc1ccc(NC(=O)CNC(=O)CC2CCCN2)cc1. The lowest BCUT2D eigenvalue weighted by molar-refractivity contribution is -0.124. The summed E-state index contributed by atoms with van der Waals surface area (Å²) in [7, 11) is 0. The molecule has 0 radical (unpaired) electrons. The first-order valence-electron chi connectivity index (χ1n) is 7.70. The Morgan fingerprint density at radius 1 is 1.27 bits per heavy atom. The fraction of sp³-hybridized carbons (Fsp3) is 0.500. The zero-order valence-corrected chi connectivity index (χ0v) is 12.9. The van der Waals surface area contributed by atoms with E-state index in [0.29, 0.717) is 18.7 Å². The highest BCUT2D eigenvalue weighted by Crippen LogP contribution is 2.15. The molecule has 1 heterocycles. The van der Waals surface area contributed by atoms with Gasteiger partial charge in [-0.15, -0.1) is 0 Å². The van der Waals surface area contributed by atoms with Crippen LogP contribution in [0, 0.1) is 0 Å². The molecule has 0 aliphatic carbocycles. The van der Waals surface area contributed by atoms with Crippen molar-refractivity contribution < 1.29 is 14.3 Å². The van der Waals surface area contributed by atoms with Crippen LogP contribution in [0.2, 0.25) is 0 Å². The number of ether oxygens (including phenoxy) is 1. The molecule has 1 atom stereocenters. The van der Waals surface area contributed by atoms with Gasteiger partial charge in [0, 0.05) is 18.2 Å². The topological polar surface area (TPSA) is 79.5 Å². The van der Waals surface area contributed by atoms with Crippen molar-refractivity contribution in [1.82, 2.24) is 10.6 Å². The third-order valence-electron chi connectivity index (χ3n) is 3.49. The van der Waals surface area contributed by atoms with Crippen molar-refractivity contribution in [1.29, 1.82) is 0 Å². The van der Waals surface area contributed by atoms with Gasteiger partial charge < -0.3 is 20.7 Å². The quantitative estimate of drug-likeness (QED) is 0.709. The Kier molecular flexibility index (Phi) is 6.21. The number of carbonyl (C=O) groups is 2. The van der Waals surface area contributed by atoms with Gasteiger partial charge >= 0.3 is 0 Å². The summed E-state index contributed by atoms with van der Waals surface area (Å²) in [6.07, 6.45) is 2.55. The van der Waals surface area contributed by atoms with E-state index in [1.54, 1.807) is 24.3 Å². The van der Waals surface area contributed by atoms with Gasteiger partial charge in [0.05, 0.1) is 13.2 Å². The first-order valence-corrected chi connectivity index (χ1v) is 7.70. The molecule has 3 N–H and O–H groups in total. The largest absolute Gasteiger partial charge is 0.494 e. The number of amides is 2. The van der Waals surface area contributed by atoms with Crippen LogP contribution in [0.25, 0.3) is 0 Å². The molecule has 1 aliphatic heterocycles. The minimum atomic E-state index is -0.239. The highest BCUT2D eigenvalue weighted by Gasteiger charge is 2.17. The van der Waals surface area contributed by atoms with E-state index in [0.717, 1.165) is 25.1 Å². The molecule has 1 aromatic carbocycles. The maximum Gasteiger partial charge on any atom is 0.243 e. The Hall–Kier alpha value is -2.08. The molecule has 1 aromatic rings. The van der Waals surface area contributed by atoms with Gasteiger partial charge in [-0.25, -0.2) is 0 Å². The summed E-state index contributed by atoms with van der Waals surface area (Å²) in [5, 5.41) is 8.64. The monoisotopic (exact) mass is 305 g/mol. The van der Waals surface area contributed by atoms with E-state index in [2.05, 4.69) is 16.0 Å². The van der Waals surface area contributed by atoms with E-state index in [9.17, 15) is 9.59 Å². The lowest BCUT2D eigenvalue weighted by Crippen LogP contribution is -2.36. The summed E-state index contributed by atoms with van der Waals surface area (Å²) >= 11 is 0. The molecule has 0 spiro atoms. The van der Waals surface area contributed by atoms with Crippen LogP contribution in [-0.2, 0) is 9.59 Å². The Balaban J connectivity index is 1.69. The second-order valence-corrected chi connectivity index (χ2v) is 5.28. The summed E-state index contributed by atoms with van der Waals surface area (Å²) in [6, 6.07) is 7.38. The van der Waals surface area contributed by atoms with E-state index in [1.807, 2.05) is 6.92 Å². The van der Waals surface area contributed by atoms with E-state index >= 15 is 0 Å².